The van der Waals surface area contributed by atoms with Crippen LogP contribution in [-0.2, 0) is 21.4 Å². The molecule has 32 heavy (non-hydrogen) atoms. The van der Waals surface area contributed by atoms with Crippen LogP contribution in [-0.4, -0.2) is 20.9 Å². The van der Waals surface area contributed by atoms with Gasteiger partial charge in [0.1, 0.15) is 11.5 Å². The van der Waals surface area contributed by atoms with E-state index in [9.17, 15) is 13.2 Å². The Morgan fingerprint density at radius 1 is 1.06 bits per heavy atom. The normalized spacial score (nSPS) is 11.7. The average molecular weight is 455 g/mol. The molecule has 2 N–H and O–H groups in total. The number of carbonyl (C=O) groups is 1. The van der Waals surface area contributed by atoms with E-state index in [1.54, 1.807) is 42.5 Å². The van der Waals surface area contributed by atoms with Crippen LogP contribution in [0.3, 0.4) is 0 Å². The summed E-state index contributed by atoms with van der Waals surface area (Å²) in [4.78, 5) is 12.5. The predicted molar refractivity (Wildman–Crippen MR) is 124 cm³/mol. The molecule has 8 heteroatoms. The molecule has 1 heterocycles. The van der Waals surface area contributed by atoms with E-state index in [0.717, 1.165) is 0 Å². The molecule has 0 unspecified atom stereocenters. The van der Waals surface area contributed by atoms with Crippen molar-refractivity contribution in [2.75, 3.05) is 11.9 Å². The lowest BCUT2D eigenvalue weighted by Crippen LogP contribution is -2.22. The van der Waals surface area contributed by atoms with E-state index < -0.39 is 10.0 Å². The Balaban J connectivity index is 1.59. The topological polar surface area (TPSA) is 97.6 Å². The number of anilines is 1. The number of furan rings is 1. The quantitative estimate of drug-likeness (QED) is 0.441. The zero-order valence-electron chi connectivity index (χ0n) is 17.9. The molecule has 1 aromatic heterocycles. The Morgan fingerprint density at radius 2 is 1.81 bits per heavy atom. The standard InChI is InChI=1S/C24H26N2O5S/c1-18(2)17-31-23-8-4-3-7-22(23)26-24(27)14-11-19-9-12-21(13-10-19)32(28,29)25-16-20-6-5-15-30-20/h3-15,18,25H,16-17H2,1-2H3,(H,26,27)/b14-11+. The number of hydrogen-bond donors (Lipinski definition) is 2. The lowest BCUT2D eigenvalue weighted by Gasteiger charge is -2.13. The number of carbonyl (C=O) groups excluding carboxylic acids is 1. The summed E-state index contributed by atoms with van der Waals surface area (Å²) >= 11 is 0. The molecule has 0 bridgehead atoms. The van der Waals surface area contributed by atoms with Gasteiger partial charge in [-0.1, -0.05) is 38.1 Å². The van der Waals surface area contributed by atoms with Crippen LogP contribution in [0.1, 0.15) is 25.2 Å². The van der Waals surface area contributed by atoms with Crippen LogP contribution in [0, 0.1) is 5.92 Å². The molecular weight excluding hydrogens is 428 g/mol. The highest BCUT2D eigenvalue weighted by atomic mass is 32.2. The van der Waals surface area contributed by atoms with Crippen molar-refractivity contribution in [3.63, 3.8) is 0 Å². The van der Waals surface area contributed by atoms with Gasteiger partial charge in [-0.2, -0.15) is 0 Å². The van der Waals surface area contributed by atoms with E-state index in [-0.39, 0.29) is 17.3 Å². The molecule has 3 aromatic rings. The number of rotatable bonds is 10. The lowest BCUT2D eigenvalue weighted by molar-refractivity contribution is -0.111. The highest BCUT2D eigenvalue weighted by Crippen LogP contribution is 2.24. The third kappa shape index (κ3) is 6.83. The van der Waals surface area contributed by atoms with E-state index in [1.165, 1.54) is 24.5 Å². The van der Waals surface area contributed by atoms with Crippen molar-refractivity contribution in [1.29, 1.82) is 0 Å². The second-order valence-corrected chi connectivity index (χ2v) is 9.26. The number of para-hydroxylation sites is 2. The van der Waals surface area contributed by atoms with Crippen molar-refractivity contribution in [3.8, 4) is 5.75 Å². The molecule has 0 atom stereocenters. The minimum absolute atomic E-state index is 0.0690. The van der Waals surface area contributed by atoms with Gasteiger partial charge in [-0.15, -0.1) is 0 Å². The Bertz CT molecular complexity index is 1150. The van der Waals surface area contributed by atoms with Crippen molar-refractivity contribution in [2.24, 2.45) is 5.92 Å². The van der Waals surface area contributed by atoms with Crippen LogP contribution in [0.2, 0.25) is 0 Å². The molecule has 1 amide bonds. The minimum atomic E-state index is -3.67. The van der Waals surface area contributed by atoms with Crippen LogP contribution >= 0.6 is 0 Å². The molecule has 0 fully saturated rings. The summed E-state index contributed by atoms with van der Waals surface area (Å²) in [7, 11) is -3.67. The molecule has 0 aliphatic carbocycles. The van der Waals surface area contributed by atoms with E-state index >= 15 is 0 Å². The van der Waals surface area contributed by atoms with Gasteiger partial charge in [0.2, 0.25) is 15.9 Å². The molecule has 7 nitrogen and oxygen atoms in total. The molecular formula is C24H26N2O5S. The summed E-state index contributed by atoms with van der Waals surface area (Å²) in [6, 6.07) is 16.9. The van der Waals surface area contributed by atoms with Gasteiger partial charge >= 0.3 is 0 Å². The smallest absolute Gasteiger partial charge is 0.248 e. The third-order valence-corrected chi connectivity index (χ3v) is 5.77. The molecule has 0 radical (unpaired) electrons. The summed E-state index contributed by atoms with van der Waals surface area (Å²) < 4.78 is 38.1. The number of ether oxygens (including phenoxy) is 1. The number of benzene rings is 2. The van der Waals surface area contributed by atoms with Crippen molar-refractivity contribution >= 4 is 27.7 Å². The van der Waals surface area contributed by atoms with Crippen LogP contribution in [0.4, 0.5) is 5.69 Å². The molecule has 2 aromatic carbocycles. The van der Waals surface area contributed by atoms with Gasteiger partial charge in [-0.25, -0.2) is 13.1 Å². The zero-order chi connectivity index (χ0) is 23.0. The fourth-order valence-corrected chi connectivity index (χ4v) is 3.71. The van der Waals surface area contributed by atoms with E-state index in [0.29, 0.717) is 35.3 Å². The van der Waals surface area contributed by atoms with Crippen molar-refractivity contribution in [2.45, 2.75) is 25.3 Å². The van der Waals surface area contributed by atoms with Gasteiger partial charge in [0.15, 0.2) is 0 Å². The summed E-state index contributed by atoms with van der Waals surface area (Å²) in [5, 5.41) is 2.80. The van der Waals surface area contributed by atoms with Crippen LogP contribution in [0.5, 0.6) is 5.75 Å². The molecule has 168 valence electrons. The first-order chi connectivity index (χ1) is 15.3. The van der Waals surface area contributed by atoms with Gasteiger partial charge in [-0.3, -0.25) is 4.79 Å². The Morgan fingerprint density at radius 3 is 2.50 bits per heavy atom. The highest BCUT2D eigenvalue weighted by molar-refractivity contribution is 7.89. The van der Waals surface area contributed by atoms with Gasteiger partial charge in [-0.05, 0) is 54.0 Å². The predicted octanol–water partition coefficient (Wildman–Crippen LogP) is 4.44. The highest BCUT2D eigenvalue weighted by Gasteiger charge is 2.14. The summed E-state index contributed by atoms with van der Waals surface area (Å²) in [5.41, 5.74) is 1.28. The van der Waals surface area contributed by atoms with Gasteiger partial charge < -0.3 is 14.5 Å². The number of nitrogens with one attached hydrogen (secondary N) is 2. The maximum atomic E-state index is 12.4. The maximum absolute atomic E-state index is 12.4. The zero-order valence-corrected chi connectivity index (χ0v) is 18.8. The molecule has 0 aliphatic heterocycles. The van der Waals surface area contributed by atoms with E-state index in [4.69, 9.17) is 9.15 Å². The first kappa shape index (κ1) is 23.3. The SMILES string of the molecule is CC(C)COc1ccccc1NC(=O)/C=C/c1ccc(S(=O)(=O)NCc2ccco2)cc1. The number of amides is 1. The fraction of sp³-hybridized carbons (Fsp3) is 0.208. The average Bonchev–Trinajstić information content (AvgIpc) is 3.30. The van der Waals surface area contributed by atoms with Crippen LogP contribution in [0.25, 0.3) is 6.08 Å². The van der Waals surface area contributed by atoms with Gasteiger partial charge in [0.05, 0.1) is 30.0 Å². The summed E-state index contributed by atoms with van der Waals surface area (Å²) in [5.74, 6) is 1.18. The third-order valence-electron chi connectivity index (χ3n) is 4.35. The van der Waals surface area contributed by atoms with Gasteiger partial charge in [0, 0.05) is 6.08 Å². The first-order valence-corrected chi connectivity index (χ1v) is 11.6. The van der Waals surface area contributed by atoms with Crippen molar-refractivity contribution in [1.82, 2.24) is 4.72 Å². The monoisotopic (exact) mass is 454 g/mol. The van der Waals surface area contributed by atoms with E-state index in [1.807, 2.05) is 12.1 Å². The second kappa shape index (κ2) is 10.8. The first-order valence-electron chi connectivity index (χ1n) is 10.2. The number of sulfonamides is 1. The van der Waals surface area contributed by atoms with E-state index in [2.05, 4.69) is 23.9 Å². The molecule has 0 spiro atoms. The molecule has 0 saturated carbocycles. The Hall–Kier alpha value is -3.36. The van der Waals surface area contributed by atoms with Crippen LogP contribution < -0.4 is 14.8 Å². The lowest BCUT2D eigenvalue weighted by atomic mass is 10.2. The van der Waals surface area contributed by atoms with Gasteiger partial charge in [0.25, 0.3) is 0 Å². The Labute approximate surface area is 188 Å². The van der Waals surface area contributed by atoms with Crippen LogP contribution in [0.15, 0.2) is 82.3 Å². The molecule has 0 saturated heterocycles. The molecule has 0 aliphatic rings. The minimum Gasteiger partial charge on any atom is -0.491 e. The maximum Gasteiger partial charge on any atom is 0.248 e. The Kier molecular flexibility index (Phi) is 7.86. The van der Waals surface area contributed by atoms with Crippen molar-refractivity contribution < 1.29 is 22.4 Å². The second-order valence-electron chi connectivity index (χ2n) is 7.50. The molecule has 3 rings (SSSR count). The summed E-state index contributed by atoms with van der Waals surface area (Å²) in [6.07, 6.45) is 4.48. The van der Waals surface area contributed by atoms with Crippen molar-refractivity contribution in [3.05, 3.63) is 84.3 Å². The number of hydrogen-bond acceptors (Lipinski definition) is 5. The fourth-order valence-electron chi connectivity index (χ4n) is 2.72. The summed E-state index contributed by atoms with van der Waals surface area (Å²) in [6.45, 7) is 4.72. The largest absolute Gasteiger partial charge is 0.491 e.